The summed E-state index contributed by atoms with van der Waals surface area (Å²) in [7, 11) is 0. The second kappa shape index (κ2) is 7.16. The van der Waals surface area contributed by atoms with E-state index in [0.717, 1.165) is 33.9 Å². The molecule has 5 rings (SSSR count). The number of H-pyrrole nitrogens is 2. The molecule has 2 heterocycles. The molecule has 0 aliphatic carbocycles. The zero-order chi connectivity index (χ0) is 19.6. The number of rotatable bonds is 4. The van der Waals surface area contributed by atoms with Crippen LogP contribution in [-0.4, -0.2) is 30.4 Å². The van der Waals surface area contributed by atoms with Gasteiger partial charge in [-0.05, 0) is 13.0 Å². The maximum Gasteiger partial charge on any atom is 0.181 e. The molecule has 0 saturated carbocycles. The second-order valence-electron chi connectivity index (χ2n) is 6.83. The molecule has 0 atom stereocenters. The lowest BCUT2D eigenvalue weighted by atomic mass is 10.1. The number of nitrogens with zero attached hydrogens (tertiary/aromatic N) is 4. The van der Waals surface area contributed by atoms with Crippen molar-refractivity contribution in [3.05, 3.63) is 84.4 Å². The molecule has 2 N–H and O–H groups in total. The summed E-state index contributed by atoms with van der Waals surface area (Å²) >= 11 is 0. The van der Waals surface area contributed by atoms with Crippen molar-refractivity contribution in [1.82, 2.24) is 30.4 Å². The summed E-state index contributed by atoms with van der Waals surface area (Å²) in [6.07, 6.45) is 0. The smallest absolute Gasteiger partial charge is 0.181 e. The van der Waals surface area contributed by atoms with Gasteiger partial charge >= 0.3 is 0 Å². The molecule has 0 spiro atoms. The van der Waals surface area contributed by atoms with E-state index in [1.807, 2.05) is 66.7 Å². The predicted molar refractivity (Wildman–Crippen MR) is 113 cm³/mol. The number of hydrogen-bond donors (Lipinski definition) is 2. The average molecular weight is 378 g/mol. The van der Waals surface area contributed by atoms with Crippen LogP contribution in [0.2, 0.25) is 0 Å². The highest BCUT2D eigenvalue weighted by Gasteiger charge is 2.11. The molecular weight excluding hydrogens is 360 g/mol. The maximum atomic E-state index is 4.65. The molecule has 0 aliphatic heterocycles. The van der Waals surface area contributed by atoms with Crippen molar-refractivity contribution >= 4 is 0 Å². The lowest BCUT2D eigenvalue weighted by Crippen LogP contribution is -1.85. The predicted octanol–water partition coefficient (Wildman–Crippen LogP) is 4.90. The minimum Gasteiger partial charge on any atom is -0.259 e. The van der Waals surface area contributed by atoms with Crippen LogP contribution in [0.1, 0.15) is 5.56 Å². The Kier molecular flexibility index (Phi) is 4.22. The molecular formula is C23H18N6. The van der Waals surface area contributed by atoms with Gasteiger partial charge in [0.25, 0.3) is 0 Å². The standard InChI is InChI=1S/C23H18N6/c1-15-10-12-17(13-11-15)21-25-23(29-27-21)19-9-5-8-18(14-19)22-24-20(26-28-22)16-6-3-2-4-7-16/h2-14H,1H3,(H,24,26,28)(H,25,27,29). The van der Waals surface area contributed by atoms with Gasteiger partial charge in [0.2, 0.25) is 0 Å². The first-order valence-corrected chi connectivity index (χ1v) is 9.34. The monoisotopic (exact) mass is 378 g/mol. The third-order valence-electron chi connectivity index (χ3n) is 4.72. The Morgan fingerprint density at radius 3 is 1.66 bits per heavy atom. The van der Waals surface area contributed by atoms with Gasteiger partial charge in [0, 0.05) is 22.3 Å². The van der Waals surface area contributed by atoms with Crippen LogP contribution in [0.25, 0.3) is 45.6 Å². The summed E-state index contributed by atoms with van der Waals surface area (Å²) in [5.74, 6) is 2.77. The Hall–Kier alpha value is -4.06. The number of aryl methyl sites for hydroxylation is 1. The number of hydrogen-bond acceptors (Lipinski definition) is 4. The zero-order valence-corrected chi connectivity index (χ0v) is 15.8. The summed E-state index contributed by atoms with van der Waals surface area (Å²) in [4.78, 5) is 9.28. The van der Waals surface area contributed by atoms with E-state index in [1.165, 1.54) is 5.56 Å². The molecule has 29 heavy (non-hydrogen) atoms. The topological polar surface area (TPSA) is 83.1 Å². The van der Waals surface area contributed by atoms with Crippen LogP contribution in [0.3, 0.4) is 0 Å². The number of aromatic nitrogens is 6. The molecule has 0 bridgehead atoms. The fraction of sp³-hybridized carbons (Fsp3) is 0.0435. The quantitative estimate of drug-likeness (QED) is 0.466. The fourth-order valence-electron chi connectivity index (χ4n) is 3.14. The molecule has 0 fully saturated rings. The van der Waals surface area contributed by atoms with Crippen molar-refractivity contribution in [3.63, 3.8) is 0 Å². The summed E-state index contributed by atoms with van der Waals surface area (Å²) in [5.41, 5.74) is 5.03. The van der Waals surface area contributed by atoms with E-state index in [0.29, 0.717) is 11.6 Å². The van der Waals surface area contributed by atoms with Crippen molar-refractivity contribution < 1.29 is 0 Å². The molecule has 6 nitrogen and oxygen atoms in total. The van der Waals surface area contributed by atoms with Crippen molar-refractivity contribution in [2.45, 2.75) is 6.92 Å². The molecule has 6 heteroatoms. The summed E-state index contributed by atoms with van der Waals surface area (Å²) in [5, 5.41) is 14.8. The van der Waals surface area contributed by atoms with Gasteiger partial charge < -0.3 is 0 Å². The van der Waals surface area contributed by atoms with Gasteiger partial charge in [0.15, 0.2) is 23.3 Å². The first-order valence-electron chi connectivity index (χ1n) is 9.34. The molecule has 0 saturated heterocycles. The van der Waals surface area contributed by atoms with Crippen LogP contribution in [0, 0.1) is 6.92 Å². The van der Waals surface area contributed by atoms with E-state index in [9.17, 15) is 0 Å². The lowest BCUT2D eigenvalue weighted by molar-refractivity contribution is 1.10. The highest BCUT2D eigenvalue weighted by atomic mass is 15.2. The molecule has 0 radical (unpaired) electrons. The Bertz CT molecular complexity index is 1250. The van der Waals surface area contributed by atoms with Gasteiger partial charge in [-0.2, -0.15) is 10.2 Å². The molecule has 2 aromatic heterocycles. The molecule has 3 aromatic carbocycles. The fourth-order valence-corrected chi connectivity index (χ4v) is 3.14. The van der Waals surface area contributed by atoms with E-state index in [-0.39, 0.29) is 0 Å². The second-order valence-corrected chi connectivity index (χ2v) is 6.83. The van der Waals surface area contributed by atoms with Crippen LogP contribution >= 0.6 is 0 Å². The molecule has 0 unspecified atom stereocenters. The van der Waals surface area contributed by atoms with Crippen LogP contribution < -0.4 is 0 Å². The lowest BCUT2D eigenvalue weighted by Gasteiger charge is -1.99. The van der Waals surface area contributed by atoms with Gasteiger partial charge in [-0.1, -0.05) is 78.4 Å². The van der Waals surface area contributed by atoms with Crippen molar-refractivity contribution in [2.75, 3.05) is 0 Å². The van der Waals surface area contributed by atoms with Crippen molar-refractivity contribution in [1.29, 1.82) is 0 Å². The normalized spacial score (nSPS) is 10.9. The molecule has 140 valence electrons. The van der Waals surface area contributed by atoms with Crippen molar-refractivity contribution in [3.8, 4) is 45.6 Å². The van der Waals surface area contributed by atoms with Crippen molar-refractivity contribution in [2.24, 2.45) is 0 Å². The minimum absolute atomic E-state index is 0.639. The summed E-state index contributed by atoms with van der Waals surface area (Å²) < 4.78 is 0. The van der Waals surface area contributed by atoms with Gasteiger partial charge in [0.1, 0.15) is 0 Å². The Labute approximate surface area is 167 Å². The first-order chi connectivity index (χ1) is 14.3. The van der Waals surface area contributed by atoms with Crippen LogP contribution in [0.4, 0.5) is 0 Å². The molecule has 0 aliphatic rings. The largest absolute Gasteiger partial charge is 0.259 e. The SMILES string of the molecule is Cc1ccc(-c2nc(-c3cccc(-c4n[nH]c(-c5ccccc5)n4)c3)n[nH]2)cc1. The number of benzene rings is 3. The van der Waals surface area contributed by atoms with E-state index in [4.69, 9.17) is 0 Å². The van der Waals surface area contributed by atoms with E-state index in [1.54, 1.807) is 0 Å². The number of aromatic amines is 2. The Morgan fingerprint density at radius 1 is 0.552 bits per heavy atom. The average Bonchev–Trinajstić information content (AvgIpc) is 3.46. The summed E-state index contributed by atoms with van der Waals surface area (Å²) in [6, 6.07) is 26.1. The third kappa shape index (κ3) is 3.43. The minimum atomic E-state index is 0.639. The Balaban J connectivity index is 1.45. The highest BCUT2D eigenvalue weighted by Crippen LogP contribution is 2.25. The first kappa shape index (κ1) is 17.1. The van der Waals surface area contributed by atoms with E-state index >= 15 is 0 Å². The van der Waals surface area contributed by atoms with Crippen LogP contribution in [-0.2, 0) is 0 Å². The van der Waals surface area contributed by atoms with Crippen LogP contribution in [0.15, 0.2) is 78.9 Å². The van der Waals surface area contributed by atoms with E-state index < -0.39 is 0 Å². The summed E-state index contributed by atoms with van der Waals surface area (Å²) in [6.45, 7) is 2.06. The molecule has 5 aromatic rings. The van der Waals surface area contributed by atoms with E-state index in [2.05, 4.69) is 49.4 Å². The molecule has 0 amide bonds. The van der Waals surface area contributed by atoms with Gasteiger partial charge in [-0.15, -0.1) is 0 Å². The van der Waals surface area contributed by atoms with Gasteiger partial charge in [-0.3, -0.25) is 10.2 Å². The maximum absolute atomic E-state index is 4.65. The Morgan fingerprint density at radius 2 is 1.07 bits per heavy atom. The van der Waals surface area contributed by atoms with Gasteiger partial charge in [0.05, 0.1) is 0 Å². The van der Waals surface area contributed by atoms with Crippen LogP contribution in [0.5, 0.6) is 0 Å². The third-order valence-corrected chi connectivity index (χ3v) is 4.72. The zero-order valence-electron chi connectivity index (χ0n) is 15.8. The highest BCUT2D eigenvalue weighted by molar-refractivity contribution is 5.68. The number of nitrogens with one attached hydrogen (secondary N) is 2. The van der Waals surface area contributed by atoms with Gasteiger partial charge in [-0.25, -0.2) is 9.97 Å².